The highest BCUT2D eigenvalue weighted by molar-refractivity contribution is 5.80. The number of amides is 2. The molecule has 112 valence electrons. The summed E-state index contributed by atoms with van der Waals surface area (Å²) in [6.07, 6.45) is 2.34. The van der Waals surface area contributed by atoms with Gasteiger partial charge in [-0.05, 0) is 19.3 Å². The Bertz CT molecular complexity index is 273. The molecular weight excluding hydrogens is 252 g/mol. The molecule has 0 saturated carbocycles. The molecule has 0 spiro atoms. The molecule has 0 atom stereocenters. The molecule has 0 fully saturated rings. The summed E-state index contributed by atoms with van der Waals surface area (Å²) in [5.74, 6) is -1.04. The highest BCUT2D eigenvalue weighted by Gasteiger charge is 2.19. The van der Waals surface area contributed by atoms with Crippen LogP contribution in [-0.2, 0) is 9.53 Å². The Morgan fingerprint density at radius 1 is 1.16 bits per heavy atom. The summed E-state index contributed by atoms with van der Waals surface area (Å²) < 4.78 is 4.86. The molecule has 0 bridgehead atoms. The predicted molar refractivity (Wildman–Crippen MR) is 70.0 cm³/mol. The van der Waals surface area contributed by atoms with Crippen LogP contribution in [0.3, 0.4) is 0 Å². The minimum atomic E-state index is -1.04. The fraction of sp³-hybridized carbons (Fsp3) is 0.833. The van der Waals surface area contributed by atoms with Crippen LogP contribution in [0.4, 0.5) is 4.79 Å². The lowest BCUT2D eigenvalue weighted by atomic mass is 10.2. The molecule has 0 aliphatic carbocycles. The van der Waals surface area contributed by atoms with E-state index in [1.54, 1.807) is 7.05 Å². The van der Waals surface area contributed by atoms with Crippen molar-refractivity contribution in [2.75, 3.05) is 47.0 Å². The van der Waals surface area contributed by atoms with Gasteiger partial charge in [-0.2, -0.15) is 0 Å². The van der Waals surface area contributed by atoms with Gasteiger partial charge >= 0.3 is 12.0 Å². The normalized spacial score (nSPS) is 10.3. The smallest absolute Gasteiger partial charge is 0.323 e. The summed E-state index contributed by atoms with van der Waals surface area (Å²) in [4.78, 5) is 25.5. The maximum absolute atomic E-state index is 12.0. The maximum atomic E-state index is 12.0. The number of rotatable bonds is 10. The van der Waals surface area contributed by atoms with Gasteiger partial charge in [-0.1, -0.05) is 0 Å². The number of carboxylic acids is 1. The van der Waals surface area contributed by atoms with Gasteiger partial charge in [0.25, 0.3) is 0 Å². The molecule has 0 aliphatic rings. The van der Waals surface area contributed by atoms with E-state index in [-0.39, 0.29) is 25.7 Å². The topological polar surface area (TPSA) is 90.3 Å². The summed E-state index contributed by atoms with van der Waals surface area (Å²) >= 11 is 0. The van der Waals surface area contributed by atoms with Crippen molar-refractivity contribution in [1.29, 1.82) is 0 Å². The quantitative estimate of drug-likeness (QED) is 0.558. The number of methoxy groups -OCH3 is 1. The van der Waals surface area contributed by atoms with Crippen LogP contribution in [0.1, 0.15) is 19.3 Å². The van der Waals surface area contributed by atoms with Gasteiger partial charge in [0.05, 0.1) is 6.61 Å². The van der Waals surface area contributed by atoms with Crippen molar-refractivity contribution in [3.8, 4) is 0 Å². The van der Waals surface area contributed by atoms with Crippen molar-refractivity contribution in [2.45, 2.75) is 19.3 Å². The van der Waals surface area contributed by atoms with E-state index in [0.717, 1.165) is 12.8 Å². The Labute approximate surface area is 113 Å². The van der Waals surface area contributed by atoms with Gasteiger partial charge in [0.2, 0.25) is 0 Å². The highest BCUT2D eigenvalue weighted by atomic mass is 16.5. The van der Waals surface area contributed by atoms with Gasteiger partial charge in [-0.15, -0.1) is 0 Å². The van der Waals surface area contributed by atoms with Crippen LogP contribution in [-0.4, -0.2) is 79.0 Å². The summed E-state index contributed by atoms with van der Waals surface area (Å²) in [6, 6.07) is -0.316. The first-order chi connectivity index (χ1) is 9.02. The van der Waals surface area contributed by atoms with Gasteiger partial charge in [-0.3, -0.25) is 4.79 Å². The number of ether oxygens (including phenoxy) is 1. The monoisotopic (exact) mass is 276 g/mol. The largest absolute Gasteiger partial charge is 0.480 e. The lowest BCUT2D eigenvalue weighted by Gasteiger charge is -2.26. The molecule has 0 aromatic carbocycles. The van der Waals surface area contributed by atoms with E-state index in [0.29, 0.717) is 19.6 Å². The number of aliphatic hydroxyl groups excluding tert-OH is 1. The molecule has 7 nitrogen and oxygen atoms in total. The molecule has 19 heavy (non-hydrogen) atoms. The molecule has 0 rings (SSSR count). The van der Waals surface area contributed by atoms with Gasteiger partial charge in [0.1, 0.15) is 6.54 Å². The first-order valence-electron chi connectivity index (χ1n) is 6.34. The van der Waals surface area contributed by atoms with Gasteiger partial charge in [0, 0.05) is 33.9 Å². The predicted octanol–water partition coefficient (Wildman–Crippen LogP) is 0.234. The van der Waals surface area contributed by atoms with E-state index < -0.39 is 5.97 Å². The zero-order chi connectivity index (χ0) is 14.7. The van der Waals surface area contributed by atoms with E-state index in [1.807, 2.05) is 0 Å². The van der Waals surface area contributed by atoms with Crippen molar-refractivity contribution in [1.82, 2.24) is 9.80 Å². The Morgan fingerprint density at radius 2 is 1.84 bits per heavy atom. The fourth-order valence-electron chi connectivity index (χ4n) is 1.58. The highest BCUT2D eigenvalue weighted by Crippen LogP contribution is 2.01. The van der Waals surface area contributed by atoms with Gasteiger partial charge in [0.15, 0.2) is 0 Å². The molecule has 0 aromatic rings. The zero-order valence-corrected chi connectivity index (χ0v) is 11.7. The van der Waals surface area contributed by atoms with Gasteiger partial charge < -0.3 is 24.7 Å². The number of carbonyl (C=O) groups is 2. The van der Waals surface area contributed by atoms with Gasteiger partial charge in [-0.25, -0.2) is 4.79 Å². The van der Waals surface area contributed by atoms with Crippen LogP contribution in [0.2, 0.25) is 0 Å². The average molecular weight is 276 g/mol. The number of urea groups is 1. The molecule has 0 aliphatic heterocycles. The third kappa shape index (κ3) is 8.39. The third-order valence-electron chi connectivity index (χ3n) is 2.64. The van der Waals surface area contributed by atoms with Crippen molar-refractivity contribution in [3.05, 3.63) is 0 Å². The van der Waals surface area contributed by atoms with Crippen LogP contribution in [0.5, 0.6) is 0 Å². The second-order valence-electron chi connectivity index (χ2n) is 4.30. The Balaban J connectivity index is 4.22. The maximum Gasteiger partial charge on any atom is 0.323 e. The number of unbranched alkanes of at least 4 members (excludes halogenated alkanes) is 2. The number of aliphatic carboxylic acids is 1. The summed E-state index contributed by atoms with van der Waals surface area (Å²) in [6.45, 7) is 0.918. The number of aliphatic hydroxyl groups is 1. The second kappa shape index (κ2) is 10.6. The molecular formula is C12H24N2O5. The number of carboxylic acid groups (broad SMARTS) is 1. The molecule has 2 amide bonds. The summed E-state index contributed by atoms with van der Waals surface area (Å²) in [5.41, 5.74) is 0. The van der Waals surface area contributed by atoms with Crippen LogP contribution < -0.4 is 0 Å². The molecule has 7 heteroatoms. The van der Waals surface area contributed by atoms with Crippen molar-refractivity contribution < 1.29 is 24.5 Å². The zero-order valence-electron chi connectivity index (χ0n) is 11.7. The Morgan fingerprint density at radius 3 is 2.37 bits per heavy atom. The number of nitrogens with zero attached hydrogens (tertiary/aromatic N) is 2. The minimum absolute atomic E-state index is 0.149. The van der Waals surface area contributed by atoms with E-state index in [2.05, 4.69) is 0 Å². The lowest BCUT2D eigenvalue weighted by molar-refractivity contribution is -0.137. The summed E-state index contributed by atoms with van der Waals surface area (Å²) in [7, 11) is 3.14. The number of hydrogen-bond acceptors (Lipinski definition) is 4. The first-order valence-corrected chi connectivity index (χ1v) is 6.34. The average Bonchev–Trinajstić information content (AvgIpc) is 2.38. The molecule has 2 N–H and O–H groups in total. The standard InChI is InChI=1S/C12H24N2O5/c1-13(6-4-3-5-8-15)12(18)14(7-9-19-2)10-11(16)17/h15H,3-10H2,1-2H3,(H,16,17). The lowest BCUT2D eigenvalue weighted by Crippen LogP contribution is -2.45. The number of hydrogen-bond donors (Lipinski definition) is 2. The van der Waals surface area contributed by atoms with Crippen LogP contribution >= 0.6 is 0 Å². The van der Waals surface area contributed by atoms with Crippen molar-refractivity contribution >= 4 is 12.0 Å². The van der Waals surface area contributed by atoms with Crippen LogP contribution in [0, 0.1) is 0 Å². The van der Waals surface area contributed by atoms with E-state index in [4.69, 9.17) is 14.9 Å². The summed E-state index contributed by atoms with van der Waals surface area (Å²) in [5, 5.41) is 17.4. The Hall–Kier alpha value is -1.34. The van der Waals surface area contributed by atoms with E-state index in [9.17, 15) is 9.59 Å². The van der Waals surface area contributed by atoms with Crippen LogP contribution in [0.15, 0.2) is 0 Å². The van der Waals surface area contributed by atoms with E-state index in [1.165, 1.54) is 16.9 Å². The molecule has 0 unspecified atom stereocenters. The van der Waals surface area contributed by atoms with E-state index >= 15 is 0 Å². The molecule has 0 saturated heterocycles. The number of carbonyl (C=O) groups excluding carboxylic acids is 1. The minimum Gasteiger partial charge on any atom is -0.480 e. The first kappa shape index (κ1) is 17.7. The van der Waals surface area contributed by atoms with Crippen LogP contribution in [0.25, 0.3) is 0 Å². The fourth-order valence-corrected chi connectivity index (χ4v) is 1.58. The Kier molecular flexibility index (Phi) is 9.82. The molecule has 0 radical (unpaired) electrons. The molecule has 0 heterocycles. The molecule has 0 aromatic heterocycles. The van der Waals surface area contributed by atoms with Crippen molar-refractivity contribution in [2.24, 2.45) is 0 Å². The second-order valence-corrected chi connectivity index (χ2v) is 4.30. The van der Waals surface area contributed by atoms with Crippen molar-refractivity contribution in [3.63, 3.8) is 0 Å². The third-order valence-corrected chi connectivity index (χ3v) is 2.64. The SMILES string of the molecule is COCCN(CC(=O)O)C(=O)N(C)CCCCCO.